The molecule has 17 heavy (non-hydrogen) atoms. The molecule has 0 saturated carbocycles. The van der Waals surface area contributed by atoms with Crippen LogP contribution >= 0.6 is 15.9 Å². The zero-order valence-corrected chi connectivity index (χ0v) is 10.9. The quantitative estimate of drug-likeness (QED) is 0.618. The van der Waals surface area contributed by atoms with Gasteiger partial charge < -0.3 is 4.74 Å². The molecule has 2 aromatic carbocycles. The molecule has 0 unspecified atom stereocenters. The van der Waals surface area contributed by atoms with Crippen molar-refractivity contribution >= 4 is 21.9 Å². The molecule has 0 spiro atoms. The molecule has 0 aromatic heterocycles. The van der Waals surface area contributed by atoms with Crippen molar-refractivity contribution in [3.63, 3.8) is 0 Å². The molecular formula is C14H11BrO2. The van der Waals surface area contributed by atoms with E-state index < -0.39 is 0 Å². The summed E-state index contributed by atoms with van der Waals surface area (Å²) in [6.07, 6.45) is 0. The second-order valence-electron chi connectivity index (χ2n) is 3.66. The van der Waals surface area contributed by atoms with Crippen LogP contribution in [0.4, 0.5) is 0 Å². The van der Waals surface area contributed by atoms with Gasteiger partial charge in [0, 0.05) is 4.47 Å². The predicted molar refractivity (Wildman–Crippen MR) is 70.3 cm³/mol. The van der Waals surface area contributed by atoms with E-state index in [0.29, 0.717) is 11.3 Å². The van der Waals surface area contributed by atoms with Crippen LogP contribution in [0.1, 0.15) is 15.9 Å². The van der Waals surface area contributed by atoms with Crippen LogP contribution in [-0.2, 0) is 0 Å². The van der Waals surface area contributed by atoms with Gasteiger partial charge in [-0.3, -0.25) is 0 Å². The van der Waals surface area contributed by atoms with Gasteiger partial charge >= 0.3 is 5.97 Å². The zero-order chi connectivity index (χ0) is 12.3. The molecule has 0 fully saturated rings. The molecule has 0 aliphatic heterocycles. The average Bonchev–Trinajstić information content (AvgIpc) is 2.30. The lowest BCUT2D eigenvalue weighted by molar-refractivity contribution is 0.0734. The summed E-state index contributed by atoms with van der Waals surface area (Å²) in [5.41, 5.74) is 1.47. The van der Waals surface area contributed by atoms with Crippen LogP contribution in [0.2, 0.25) is 0 Å². The molecule has 0 saturated heterocycles. The van der Waals surface area contributed by atoms with Crippen molar-refractivity contribution in [3.05, 3.63) is 64.1 Å². The number of ether oxygens (including phenoxy) is 1. The van der Waals surface area contributed by atoms with E-state index in [2.05, 4.69) is 15.9 Å². The van der Waals surface area contributed by atoms with E-state index in [1.54, 1.807) is 18.2 Å². The van der Waals surface area contributed by atoms with E-state index in [4.69, 9.17) is 4.74 Å². The van der Waals surface area contributed by atoms with Gasteiger partial charge in [0.2, 0.25) is 0 Å². The van der Waals surface area contributed by atoms with Gasteiger partial charge in [0.25, 0.3) is 0 Å². The summed E-state index contributed by atoms with van der Waals surface area (Å²) in [6.45, 7) is 1.88. The van der Waals surface area contributed by atoms with E-state index in [1.165, 1.54) is 0 Å². The highest BCUT2D eigenvalue weighted by Gasteiger charge is 2.11. The topological polar surface area (TPSA) is 26.3 Å². The van der Waals surface area contributed by atoms with Crippen molar-refractivity contribution in [2.24, 2.45) is 0 Å². The molecule has 0 radical (unpaired) electrons. The van der Waals surface area contributed by atoms with Gasteiger partial charge in [-0.15, -0.1) is 0 Å². The van der Waals surface area contributed by atoms with Crippen molar-refractivity contribution in [1.82, 2.24) is 0 Å². The van der Waals surface area contributed by atoms with Crippen LogP contribution in [0, 0.1) is 6.92 Å². The number of hydrogen-bond donors (Lipinski definition) is 0. The molecule has 0 bridgehead atoms. The van der Waals surface area contributed by atoms with Crippen molar-refractivity contribution in [1.29, 1.82) is 0 Å². The van der Waals surface area contributed by atoms with Crippen LogP contribution in [-0.4, -0.2) is 5.97 Å². The molecule has 2 rings (SSSR count). The number of carbonyl (C=O) groups excluding carboxylic acids is 1. The molecule has 0 aliphatic carbocycles. The van der Waals surface area contributed by atoms with Crippen molar-refractivity contribution in [3.8, 4) is 5.75 Å². The number of rotatable bonds is 2. The lowest BCUT2D eigenvalue weighted by Gasteiger charge is -2.06. The number of para-hydroxylation sites is 1. The Morgan fingerprint density at radius 3 is 2.47 bits per heavy atom. The highest BCUT2D eigenvalue weighted by Crippen LogP contribution is 2.18. The third-order valence-electron chi connectivity index (χ3n) is 2.36. The number of benzene rings is 2. The molecule has 0 heterocycles. The van der Waals surface area contributed by atoms with Crippen molar-refractivity contribution in [2.75, 3.05) is 0 Å². The largest absolute Gasteiger partial charge is 0.423 e. The van der Waals surface area contributed by atoms with Gasteiger partial charge in [-0.2, -0.15) is 0 Å². The summed E-state index contributed by atoms with van der Waals surface area (Å²) in [4.78, 5) is 11.9. The van der Waals surface area contributed by atoms with E-state index in [0.717, 1.165) is 10.0 Å². The first-order chi connectivity index (χ1) is 8.16. The SMILES string of the molecule is Cc1cc(Br)ccc1C(=O)Oc1ccccc1. The Bertz CT molecular complexity index is 535. The maximum atomic E-state index is 11.9. The molecule has 2 nitrogen and oxygen atoms in total. The van der Waals surface area contributed by atoms with Crippen LogP contribution < -0.4 is 4.74 Å². The van der Waals surface area contributed by atoms with Gasteiger partial charge in [-0.1, -0.05) is 34.1 Å². The van der Waals surface area contributed by atoms with E-state index in [1.807, 2.05) is 37.3 Å². The first-order valence-electron chi connectivity index (χ1n) is 5.20. The monoisotopic (exact) mass is 290 g/mol. The Balaban J connectivity index is 2.21. The minimum Gasteiger partial charge on any atom is -0.423 e. The molecule has 0 N–H and O–H groups in total. The van der Waals surface area contributed by atoms with E-state index in [-0.39, 0.29) is 5.97 Å². The molecular weight excluding hydrogens is 280 g/mol. The van der Waals surface area contributed by atoms with Gasteiger partial charge in [0.05, 0.1) is 5.56 Å². The number of hydrogen-bond acceptors (Lipinski definition) is 2. The Labute approximate surface area is 108 Å². The van der Waals surface area contributed by atoms with Crippen LogP contribution in [0.3, 0.4) is 0 Å². The zero-order valence-electron chi connectivity index (χ0n) is 9.31. The highest BCUT2D eigenvalue weighted by molar-refractivity contribution is 9.10. The predicted octanol–water partition coefficient (Wildman–Crippen LogP) is 3.98. The summed E-state index contributed by atoms with van der Waals surface area (Å²) in [5, 5.41) is 0. The second kappa shape index (κ2) is 5.15. The third kappa shape index (κ3) is 2.94. The molecule has 0 atom stereocenters. The van der Waals surface area contributed by atoms with Gasteiger partial charge in [-0.25, -0.2) is 4.79 Å². The number of carbonyl (C=O) groups is 1. The summed E-state index contributed by atoms with van der Waals surface area (Å²) in [6, 6.07) is 14.5. The molecule has 0 amide bonds. The fraction of sp³-hybridized carbons (Fsp3) is 0.0714. The number of esters is 1. The Hall–Kier alpha value is -1.61. The fourth-order valence-corrected chi connectivity index (χ4v) is 1.98. The first kappa shape index (κ1) is 11.9. The minimum absolute atomic E-state index is 0.332. The summed E-state index contributed by atoms with van der Waals surface area (Å²) in [5.74, 6) is 0.223. The van der Waals surface area contributed by atoms with Gasteiger partial charge in [0.1, 0.15) is 5.75 Å². The number of halogens is 1. The van der Waals surface area contributed by atoms with Crippen molar-refractivity contribution < 1.29 is 9.53 Å². The van der Waals surface area contributed by atoms with E-state index in [9.17, 15) is 4.79 Å². The second-order valence-corrected chi connectivity index (χ2v) is 4.58. The third-order valence-corrected chi connectivity index (χ3v) is 2.86. The number of aryl methyl sites for hydroxylation is 1. The molecule has 86 valence electrons. The normalized spacial score (nSPS) is 10.0. The maximum absolute atomic E-state index is 11.9. The first-order valence-corrected chi connectivity index (χ1v) is 5.99. The summed E-state index contributed by atoms with van der Waals surface area (Å²) >= 11 is 3.36. The Morgan fingerprint density at radius 1 is 1.12 bits per heavy atom. The van der Waals surface area contributed by atoms with Crippen LogP contribution in [0.15, 0.2) is 53.0 Å². The average molecular weight is 291 g/mol. The lowest BCUT2D eigenvalue weighted by Crippen LogP contribution is -2.10. The fourth-order valence-electron chi connectivity index (χ4n) is 1.51. The molecule has 0 aliphatic rings. The summed E-state index contributed by atoms with van der Waals surface area (Å²) < 4.78 is 6.22. The van der Waals surface area contributed by atoms with Crippen LogP contribution in [0.5, 0.6) is 5.75 Å². The molecule has 3 heteroatoms. The van der Waals surface area contributed by atoms with Gasteiger partial charge in [0.15, 0.2) is 0 Å². The Morgan fingerprint density at radius 2 is 1.82 bits per heavy atom. The maximum Gasteiger partial charge on any atom is 0.343 e. The summed E-state index contributed by atoms with van der Waals surface area (Å²) in [7, 11) is 0. The standard InChI is InChI=1S/C14H11BrO2/c1-10-9-11(15)7-8-13(10)14(16)17-12-5-3-2-4-6-12/h2-9H,1H3. The van der Waals surface area contributed by atoms with Crippen LogP contribution in [0.25, 0.3) is 0 Å². The van der Waals surface area contributed by atoms with E-state index >= 15 is 0 Å². The highest BCUT2D eigenvalue weighted by atomic mass is 79.9. The van der Waals surface area contributed by atoms with Gasteiger partial charge in [-0.05, 0) is 42.8 Å². The molecule has 2 aromatic rings. The lowest BCUT2D eigenvalue weighted by atomic mass is 10.1. The van der Waals surface area contributed by atoms with Crippen molar-refractivity contribution in [2.45, 2.75) is 6.92 Å². The Kier molecular flexibility index (Phi) is 3.59. The minimum atomic E-state index is -0.332. The smallest absolute Gasteiger partial charge is 0.343 e.